The molecule has 0 aromatic heterocycles. The maximum Gasteiger partial charge on any atom is 0.334 e. The van der Waals surface area contributed by atoms with Gasteiger partial charge in [-0.15, -0.1) is 0 Å². The smallest absolute Gasteiger partial charge is 0.334 e. The van der Waals surface area contributed by atoms with E-state index in [1.165, 1.54) is 25.7 Å². The van der Waals surface area contributed by atoms with Gasteiger partial charge in [0.1, 0.15) is 12.2 Å². The molecule has 2 saturated heterocycles. The number of fused-ring (bicyclic) bond motifs is 1. The lowest BCUT2D eigenvalue weighted by Gasteiger charge is -2.47. The van der Waals surface area contributed by atoms with Crippen LogP contribution in [0.3, 0.4) is 0 Å². The zero-order valence-corrected chi connectivity index (χ0v) is 27.8. The molecule has 1 unspecified atom stereocenters. The molecular weight excluding hydrogens is 484 g/mol. The third kappa shape index (κ3) is 7.89. The molecular formula is C29H60O5Si2. The van der Waals surface area contributed by atoms with Crippen molar-refractivity contribution < 1.29 is 22.4 Å². The Morgan fingerprint density at radius 3 is 1.44 bits per heavy atom. The maximum atomic E-state index is 7.27. The summed E-state index contributed by atoms with van der Waals surface area (Å²) in [6.07, 6.45) is 7.01. The van der Waals surface area contributed by atoms with Gasteiger partial charge in [-0.3, -0.25) is 0 Å². The van der Waals surface area contributed by atoms with Crippen molar-refractivity contribution in [1.82, 2.24) is 0 Å². The van der Waals surface area contributed by atoms with E-state index in [0.717, 1.165) is 24.7 Å². The summed E-state index contributed by atoms with van der Waals surface area (Å²) in [5, 5.41) is 0. The monoisotopic (exact) mass is 544 g/mol. The Morgan fingerprint density at radius 1 is 0.639 bits per heavy atom. The molecule has 3 atom stereocenters. The molecule has 0 saturated carbocycles. The van der Waals surface area contributed by atoms with Crippen LogP contribution in [0.2, 0.25) is 22.2 Å². The quantitative estimate of drug-likeness (QED) is 0.230. The van der Waals surface area contributed by atoms with Crippen molar-refractivity contribution in [2.24, 2.45) is 11.8 Å². The molecule has 2 heterocycles. The van der Waals surface area contributed by atoms with Crippen LogP contribution >= 0.6 is 0 Å². The summed E-state index contributed by atoms with van der Waals surface area (Å²) in [5.74, 6) is 0.981. The molecule has 0 aromatic rings. The summed E-state index contributed by atoms with van der Waals surface area (Å²) in [5.41, 5.74) is 1.31. The van der Waals surface area contributed by atoms with Crippen molar-refractivity contribution in [2.75, 3.05) is 13.2 Å². The van der Waals surface area contributed by atoms with Crippen LogP contribution in [0.25, 0.3) is 0 Å². The van der Waals surface area contributed by atoms with E-state index in [4.69, 9.17) is 22.4 Å². The zero-order valence-electron chi connectivity index (χ0n) is 25.8. The first-order valence-electron chi connectivity index (χ1n) is 15.0. The van der Waals surface area contributed by atoms with Crippen LogP contribution in [-0.4, -0.2) is 48.3 Å². The molecule has 2 rings (SSSR count). The molecule has 0 amide bonds. The second-order valence-electron chi connectivity index (χ2n) is 13.6. The van der Waals surface area contributed by atoms with E-state index >= 15 is 0 Å². The molecule has 214 valence electrons. The predicted octanol–water partition coefficient (Wildman–Crippen LogP) is 8.71. The van der Waals surface area contributed by atoms with Crippen molar-refractivity contribution >= 4 is 17.1 Å². The first kappa shape index (κ1) is 32.4. The number of hydrogen-bond acceptors (Lipinski definition) is 5. The predicted molar refractivity (Wildman–Crippen MR) is 155 cm³/mol. The Kier molecular flexibility index (Phi) is 12.2. The molecule has 5 nitrogen and oxygen atoms in total. The van der Waals surface area contributed by atoms with E-state index in [-0.39, 0.29) is 12.2 Å². The second-order valence-corrected chi connectivity index (χ2v) is 22.5. The van der Waals surface area contributed by atoms with Crippen LogP contribution in [0.4, 0.5) is 0 Å². The topological polar surface area (TPSA) is 46.2 Å². The highest BCUT2D eigenvalue weighted by molar-refractivity contribution is 6.83. The third-order valence-corrected chi connectivity index (χ3v) is 18.7. The minimum absolute atomic E-state index is 0.115. The van der Waals surface area contributed by atoms with Crippen molar-refractivity contribution in [3.63, 3.8) is 0 Å². The number of hydrogen-bond donors (Lipinski definition) is 0. The van der Waals surface area contributed by atoms with Crippen LogP contribution in [0, 0.1) is 11.8 Å². The third-order valence-electron chi connectivity index (χ3n) is 8.51. The van der Waals surface area contributed by atoms with E-state index in [1.54, 1.807) is 0 Å². The second kappa shape index (κ2) is 13.5. The van der Waals surface area contributed by atoms with Crippen molar-refractivity contribution in [2.45, 2.75) is 162 Å². The molecule has 0 spiro atoms. The van der Waals surface area contributed by atoms with E-state index in [0.29, 0.717) is 35.4 Å². The summed E-state index contributed by atoms with van der Waals surface area (Å²) >= 11 is 0. The SMILES string of the molecule is CC(C)CCCC(C)CCCC1(C)O[C@H]2CO[Si](C(C)C)(C(C)C)O[Si](C(C)C)(C(C)C)OC[C@@H]2O1. The van der Waals surface area contributed by atoms with Gasteiger partial charge in [-0.05, 0) is 47.3 Å². The summed E-state index contributed by atoms with van der Waals surface area (Å²) in [6, 6.07) is 0. The fourth-order valence-corrected chi connectivity index (χ4v) is 17.3. The molecule has 7 heteroatoms. The normalized spacial score (nSPS) is 26.9. The average Bonchev–Trinajstić information content (AvgIpc) is 3.10. The lowest BCUT2D eigenvalue weighted by atomic mass is 9.94. The summed E-state index contributed by atoms with van der Waals surface area (Å²) in [4.78, 5) is 0. The Morgan fingerprint density at radius 2 is 1.06 bits per heavy atom. The van der Waals surface area contributed by atoms with Crippen LogP contribution in [0.5, 0.6) is 0 Å². The van der Waals surface area contributed by atoms with Gasteiger partial charge in [0.25, 0.3) is 0 Å². The van der Waals surface area contributed by atoms with Gasteiger partial charge >= 0.3 is 17.1 Å². The lowest BCUT2D eigenvalue weighted by Crippen LogP contribution is -2.61. The van der Waals surface area contributed by atoms with Gasteiger partial charge in [0.15, 0.2) is 5.79 Å². The number of rotatable bonds is 12. The molecule has 2 aliphatic heterocycles. The van der Waals surface area contributed by atoms with Crippen molar-refractivity contribution in [3.05, 3.63) is 0 Å². The van der Waals surface area contributed by atoms with E-state index < -0.39 is 22.9 Å². The Bertz CT molecular complexity index is 598. The van der Waals surface area contributed by atoms with Gasteiger partial charge < -0.3 is 22.4 Å². The van der Waals surface area contributed by atoms with Gasteiger partial charge in [-0.2, -0.15) is 0 Å². The molecule has 2 fully saturated rings. The average molecular weight is 545 g/mol. The first-order chi connectivity index (χ1) is 16.7. The molecule has 0 bridgehead atoms. The fourth-order valence-electron chi connectivity index (χ4n) is 6.22. The number of ether oxygens (including phenoxy) is 2. The standard InChI is InChI=1S/C29H60O5Si2/c1-21(2)15-13-16-26(11)17-14-18-29(12)32-27-19-30-35(22(3)4,23(5)6)34-36(24(7)8,25(9)10)31-20-28(27)33-29/h21-28H,13-20H2,1-12H3/t26?,27-,28-/m0/s1. The minimum Gasteiger partial charge on any atom is -0.414 e. The van der Waals surface area contributed by atoms with Gasteiger partial charge in [-0.25, -0.2) is 0 Å². The van der Waals surface area contributed by atoms with E-state index in [9.17, 15) is 0 Å². The van der Waals surface area contributed by atoms with Crippen molar-refractivity contribution in [1.29, 1.82) is 0 Å². The van der Waals surface area contributed by atoms with Crippen LogP contribution < -0.4 is 0 Å². The first-order valence-corrected chi connectivity index (χ1v) is 18.9. The molecule has 0 aliphatic carbocycles. The Hall–Kier alpha value is 0.234. The highest BCUT2D eigenvalue weighted by Crippen LogP contribution is 2.46. The molecule has 0 aromatic carbocycles. The van der Waals surface area contributed by atoms with Gasteiger partial charge in [0.05, 0.1) is 13.2 Å². The molecule has 0 N–H and O–H groups in total. The van der Waals surface area contributed by atoms with E-state index in [2.05, 4.69) is 83.1 Å². The fraction of sp³-hybridized carbons (Fsp3) is 1.00. The van der Waals surface area contributed by atoms with Crippen LogP contribution in [0.15, 0.2) is 0 Å². The van der Waals surface area contributed by atoms with E-state index in [1.807, 2.05) is 0 Å². The highest BCUT2D eigenvalue weighted by atomic mass is 28.5. The Balaban J connectivity index is 2.15. The summed E-state index contributed by atoms with van der Waals surface area (Å²) in [7, 11) is -5.16. The van der Waals surface area contributed by atoms with Crippen LogP contribution in [0.1, 0.15) is 122 Å². The molecule has 36 heavy (non-hydrogen) atoms. The van der Waals surface area contributed by atoms with Gasteiger partial charge in [-0.1, -0.05) is 102 Å². The summed E-state index contributed by atoms with van der Waals surface area (Å²) < 4.78 is 34.4. The maximum absolute atomic E-state index is 7.27. The minimum atomic E-state index is -2.58. The Labute approximate surface area is 226 Å². The zero-order chi connectivity index (χ0) is 27.3. The lowest BCUT2D eigenvalue weighted by molar-refractivity contribution is -0.172. The van der Waals surface area contributed by atoms with Crippen molar-refractivity contribution in [3.8, 4) is 0 Å². The van der Waals surface area contributed by atoms with Gasteiger partial charge in [0.2, 0.25) is 0 Å². The largest absolute Gasteiger partial charge is 0.414 e. The summed E-state index contributed by atoms with van der Waals surface area (Å²) in [6.45, 7) is 28.3. The van der Waals surface area contributed by atoms with Crippen LogP contribution in [-0.2, 0) is 22.4 Å². The molecule has 2 aliphatic rings. The molecule has 0 radical (unpaired) electrons. The highest BCUT2D eigenvalue weighted by Gasteiger charge is 2.58. The van der Waals surface area contributed by atoms with Gasteiger partial charge in [0, 0.05) is 6.42 Å².